The molecular weight excluding hydrogens is 400 g/mol. The summed E-state index contributed by atoms with van der Waals surface area (Å²) in [6.45, 7) is 5.05. The van der Waals surface area contributed by atoms with Gasteiger partial charge in [0.2, 0.25) is 5.95 Å². The third-order valence-electron chi connectivity index (χ3n) is 4.17. The van der Waals surface area contributed by atoms with Crippen molar-refractivity contribution in [3.8, 4) is 11.5 Å². The van der Waals surface area contributed by atoms with E-state index in [1.807, 2.05) is 11.8 Å². The van der Waals surface area contributed by atoms with Gasteiger partial charge in [-0.3, -0.25) is 4.79 Å². The van der Waals surface area contributed by atoms with Crippen LogP contribution in [-0.4, -0.2) is 60.7 Å². The van der Waals surface area contributed by atoms with Gasteiger partial charge in [0.05, 0.1) is 18.2 Å². The van der Waals surface area contributed by atoms with Crippen molar-refractivity contribution in [2.45, 2.75) is 6.92 Å². The van der Waals surface area contributed by atoms with Gasteiger partial charge in [-0.2, -0.15) is 0 Å². The van der Waals surface area contributed by atoms with Crippen molar-refractivity contribution in [2.75, 3.05) is 44.8 Å². The van der Waals surface area contributed by atoms with Crippen LogP contribution in [0.2, 0.25) is 0 Å². The van der Waals surface area contributed by atoms with Gasteiger partial charge in [0.1, 0.15) is 0 Å². The lowest BCUT2D eigenvalue weighted by atomic mass is 10.1. The minimum atomic E-state index is -0.00928. The summed E-state index contributed by atoms with van der Waals surface area (Å²) < 4.78 is 11.7. The van der Waals surface area contributed by atoms with Gasteiger partial charge in [-0.05, 0) is 41.1 Å². The molecule has 1 aliphatic rings. The van der Waals surface area contributed by atoms with E-state index in [9.17, 15) is 4.79 Å². The Balaban J connectivity index is 1.66. The van der Waals surface area contributed by atoms with Crippen molar-refractivity contribution in [3.05, 3.63) is 40.6 Å². The molecule has 0 radical (unpaired) electrons. The molecule has 0 unspecified atom stereocenters. The van der Waals surface area contributed by atoms with Crippen LogP contribution in [0.1, 0.15) is 17.3 Å². The highest BCUT2D eigenvalue weighted by Gasteiger charge is 2.24. The Labute approximate surface area is 161 Å². The number of benzene rings is 1. The fourth-order valence-corrected chi connectivity index (χ4v) is 3.04. The second-order valence-electron chi connectivity index (χ2n) is 5.78. The summed E-state index contributed by atoms with van der Waals surface area (Å²) in [7, 11) is 1.59. The number of carbonyl (C=O) groups excluding carboxylic acids is 1. The maximum absolute atomic E-state index is 12.8. The van der Waals surface area contributed by atoms with Gasteiger partial charge in [-0.25, -0.2) is 9.97 Å². The van der Waals surface area contributed by atoms with Crippen molar-refractivity contribution in [1.82, 2.24) is 14.9 Å². The smallest absolute Gasteiger partial charge is 0.254 e. The highest BCUT2D eigenvalue weighted by molar-refractivity contribution is 9.10. The molecule has 0 saturated carbocycles. The molecule has 0 atom stereocenters. The van der Waals surface area contributed by atoms with Gasteiger partial charge >= 0.3 is 0 Å². The summed E-state index contributed by atoms with van der Waals surface area (Å²) in [5.74, 6) is 1.89. The second-order valence-corrected chi connectivity index (χ2v) is 6.69. The van der Waals surface area contributed by atoms with Crippen LogP contribution in [0.15, 0.2) is 35.1 Å². The lowest BCUT2D eigenvalue weighted by molar-refractivity contribution is 0.0745. The summed E-state index contributed by atoms with van der Waals surface area (Å²) in [4.78, 5) is 25.4. The van der Waals surface area contributed by atoms with E-state index in [0.29, 0.717) is 55.8 Å². The first-order valence-electron chi connectivity index (χ1n) is 8.45. The second kappa shape index (κ2) is 8.35. The fourth-order valence-electron chi connectivity index (χ4n) is 2.84. The van der Waals surface area contributed by atoms with Crippen LogP contribution in [-0.2, 0) is 0 Å². The van der Waals surface area contributed by atoms with E-state index in [1.54, 1.807) is 37.7 Å². The molecule has 2 heterocycles. The highest BCUT2D eigenvalue weighted by Crippen LogP contribution is 2.28. The SMILES string of the molecule is CCOc1cc(C(=O)N2CCN(c3ncc(Br)cn3)CC2)ccc1OC. The number of amides is 1. The van der Waals surface area contributed by atoms with Crippen molar-refractivity contribution in [2.24, 2.45) is 0 Å². The first-order chi connectivity index (χ1) is 12.6. The molecule has 1 aromatic heterocycles. The number of nitrogens with zero attached hydrogens (tertiary/aromatic N) is 4. The van der Waals surface area contributed by atoms with E-state index in [1.165, 1.54) is 0 Å². The molecule has 3 rings (SSSR count). The van der Waals surface area contributed by atoms with Crippen LogP contribution in [0.5, 0.6) is 11.5 Å². The number of ether oxygens (including phenoxy) is 2. The van der Waals surface area contributed by atoms with Crippen LogP contribution in [0.4, 0.5) is 5.95 Å². The fraction of sp³-hybridized carbons (Fsp3) is 0.389. The zero-order valence-electron chi connectivity index (χ0n) is 14.8. The van der Waals surface area contributed by atoms with Crippen LogP contribution in [0, 0.1) is 0 Å². The molecular formula is C18H21BrN4O3. The third kappa shape index (κ3) is 4.07. The largest absolute Gasteiger partial charge is 0.493 e. The van der Waals surface area contributed by atoms with E-state index >= 15 is 0 Å². The number of methoxy groups -OCH3 is 1. The number of anilines is 1. The summed E-state index contributed by atoms with van der Waals surface area (Å²) in [5, 5.41) is 0. The summed E-state index contributed by atoms with van der Waals surface area (Å²) >= 11 is 3.34. The topological polar surface area (TPSA) is 67.8 Å². The van der Waals surface area contributed by atoms with Gasteiger partial charge in [0.15, 0.2) is 11.5 Å². The predicted octanol–water partition coefficient (Wildman–Crippen LogP) is 2.61. The Kier molecular flexibility index (Phi) is 5.92. The lowest BCUT2D eigenvalue weighted by Crippen LogP contribution is -2.49. The summed E-state index contributed by atoms with van der Waals surface area (Å²) in [5.41, 5.74) is 0.600. The quantitative estimate of drug-likeness (QED) is 0.740. The Morgan fingerprint density at radius 3 is 2.46 bits per heavy atom. The van der Waals surface area contributed by atoms with Crippen LogP contribution < -0.4 is 14.4 Å². The highest BCUT2D eigenvalue weighted by atomic mass is 79.9. The monoisotopic (exact) mass is 420 g/mol. The minimum absolute atomic E-state index is 0.00928. The molecule has 0 aliphatic carbocycles. The molecule has 26 heavy (non-hydrogen) atoms. The van der Waals surface area contributed by atoms with Crippen molar-refractivity contribution in [1.29, 1.82) is 0 Å². The Hall–Kier alpha value is -2.35. The molecule has 1 fully saturated rings. The van der Waals surface area contributed by atoms with E-state index in [0.717, 1.165) is 4.47 Å². The minimum Gasteiger partial charge on any atom is -0.493 e. The summed E-state index contributed by atoms with van der Waals surface area (Å²) in [6, 6.07) is 5.28. The molecule has 1 amide bonds. The average Bonchev–Trinajstić information content (AvgIpc) is 2.68. The first kappa shape index (κ1) is 18.4. The molecule has 0 bridgehead atoms. The molecule has 7 nitrogen and oxygen atoms in total. The molecule has 8 heteroatoms. The number of halogens is 1. The van der Waals surface area contributed by atoms with Gasteiger partial charge in [-0.1, -0.05) is 0 Å². The zero-order chi connectivity index (χ0) is 18.5. The number of rotatable bonds is 5. The molecule has 138 valence electrons. The van der Waals surface area contributed by atoms with Crippen molar-refractivity contribution < 1.29 is 14.3 Å². The third-order valence-corrected chi connectivity index (χ3v) is 4.58. The maximum atomic E-state index is 12.8. The van der Waals surface area contributed by atoms with Crippen LogP contribution in [0.3, 0.4) is 0 Å². The number of carbonyl (C=O) groups is 1. The van der Waals surface area contributed by atoms with Gasteiger partial charge in [0, 0.05) is 44.1 Å². The van der Waals surface area contributed by atoms with E-state index in [4.69, 9.17) is 9.47 Å². The zero-order valence-corrected chi connectivity index (χ0v) is 16.4. The van der Waals surface area contributed by atoms with Crippen LogP contribution >= 0.6 is 15.9 Å². The first-order valence-corrected chi connectivity index (χ1v) is 9.24. The van der Waals surface area contributed by atoms with E-state index < -0.39 is 0 Å². The molecule has 1 saturated heterocycles. The number of aromatic nitrogens is 2. The maximum Gasteiger partial charge on any atom is 0.254 e. The lowest BCUT2D eigenvalue weighted by Gasteiger charge is -2.34. The normalized spacial score (nSPS) is 14.3. The van der Waals surface area contributed by atoms with E-state index in [2.05, 4.69) is 30.8 Å². The Morgan fingerprint density at radius 1 is 1.15 bits per heavy atom. The van der Waals surface area contributed by atoms with Gasteiger partial charge in [0.25, 0.3) is 5.91 Å². The summed E-state index contributed by atoms with van der Waals surface area (Å²) in [6.07, 6.45) is 3.46. The Bertz CT molecular complexity index is 762. The number of hydrogen-bond acceptors (Lipinski definition) is 6. The number of piperazine rings is 1. The van der Waals surface area contributed by atoms with Crippen LogP contribution in [0.25, 0.3) is 0 Å². The van der Waals surface area contributed by atoms with Gasteiger partial charge in [-0.15, -0.1) is 0 Å². The predicted molar refractivity (Wildman–Crippen MR) is 102 cm³/mol. The van der Waals surface area contributed by atoms with E-state index in [-0.39, 0.29) is 5.91 Å². The molecule has 1 aromatic carbocycles. The standard InChI is InChI=1S/C18H21BrN4O3/c1-3-26-16-10-13(4-5-15(16)25-2)17(24)22-6-8-23(9-7-22)18-20-11-14(19)12-21-18/h4-5,10-12H,3,6-9H2,1-2H3. The molecule has 0 spiro atoms. The van der Waals surface area contributed by atoms with Crippen molar-refractivity contribution >= 4 is 27.8 Å². The Morgan fingerprint density at radius 2 is 1.85 bits per heavy atom. The average molecular weight is 421 g/mol. The molecule has 1 aliphatic heterocycles. The van der Waals surface area contributed by atoms with Gasteiger partial charge < -0.3 is 19.3 Å². The molecule has 0 N–H and O–H groups in total. The van der Waals surface area contributed by atoms with Crippen molar-refractivity contribution in [3.63, 3.8) is 0 Å². The number of hydrogen-bond donors (Lipinski definition) is 0. The molecule has 2 aromatic rings.